The number of nitrogens with zero attached hydrogens (tertiary/aromatic N) is 2. The fraction of sp³-hybridized carbons (Fsp3) is 0.625. The van der Waals surface area contributed by atoms with Gasteiger partial charge in [-0.15, -0.1) is 0 Å². The van der Waals surface area contributed by atoms with Crippen LogP contribution < -0.4 is 0 Å². The van der Waals surface area contributed by atoms with Crippen LogP contribution in [0.2, 0.25) is 0 Å². The Bertz CT molecular complexity index is 484. The number of ether oxygens (including phenoxy) is 2. The summed E-state index contributed by atoms with van der Waals surface area (Å²) in [5.74, 6) is 0. The Hall–Kier alpha value is -1.62. The van der Waals surface area contributed by atoms with Crippen LogP contribution in [0.15, 0.2) is 24.4 Å². The fourth-order valence-corrected chi connectivity index (χ4v) is 2.27. The molecule has 1 saturated heterocycles. The van der Waals surface area contributed by atoms with Crippen LogP contribution in [-0.2, 0) is 16.1 Å². The van der Waals surface area contributed by atoms with E-state index in [1.54, 1.807) is 11.1 Å². The van der Waals surface area contributed by atoms with Gasteiger partial charge < -0.3 is 14.4 Å². The van der Waals surface area contributed by atoms with E-state index >= 15 is 0 Å². The van der Waals surface area contributed by atoms with Gasteiger partial charge in [0.2, 0.25) is 0 Å². The molecule has 0 N–H and O–H groups in total. The first kappa shape index (κ1) is 15.8. The minimum absolute atomic E-state index is 0.271. The van der Waals surface area contributed by atoms with Gasteiger partial charge in [-0.3, -0.25) is 4.98 Å². The molecule has 1 aliphatic heterocycles. The van der Waals surface area contributed by atoms with Gasteiger partial charge in [-0.1, -0.05) is 6.07 Å². The maximum Gasteiger partial charge on any atom is 0.410 e. The number of carbonyl (C=O) groups is 1. The largest absolute Gasteiger partial charge is 0.444 e. The Balaban J connectivity index is 1.87. The summed E-state index contributed by atoms with van der Waals surface area (Å²) in [6.07, 6.45) is 2.29. The summed E-state index contributed by atoms with van der Waals surface area (Å²) in [6.45, 7) is 9.31. The molecule has 21 heavy (non-hydrogen) atoms. The summed E-state index contributed by atoms with van der Waals surface area (Å²) < 4.78 is 11.4. The van der Waals surface area contributed by atoms with Gasteiger partial charge in [0.25, 0.3) is 0 Å². The third-order valence-corrected chi connectivity index (χ3v) is 3.38. The molecule has 1 unspecified atom stereocenters. The Labute approximate surface area is 126 Å². The molecule has 2 heterocycles. The highest BCUT2D eigenvalue weighted by Gasteiger charge is 2.38. The maximum atomic E-state index is 12.1. The lowest BCUT2D eigenvalue weighted by atomic mass is 10.1. The molecule has 0 radical (unpaired) electrons. The van der Waals surface area contributed by atoms with Crippen LogP contribution in [0, 0.1) is 0 Å². The Morgan fingerprint density at radius 1 is 1.43 bits per heavy atom. The van der Waals surface area contributed by atoms with E-state index in [4.69, 9.17) is 9.47 Å². The molecule has 1 fully saturated rings. The average molecular weight is 292 g/mol. The summed E-state index contributed by atoms with van der Waals surface area (Å²) in [6, 6.07) is 5.75. The molecule has 1 atom stereocenters. The van der Waals surface area contributed by atoms with Gasteiger partial charge >= 0.3 is 6.09 Å². The molecule has 116 valence electrons. The molecule has 0 bridgehead atoms. The van der Waals surface area contributed by atoms with Crippen molar-refractivity contribution in [2.75, 3.05) is 13.1 Å². The Kier molecular flexibility index (Phi) is 4.52. The zero-order valence-corrected chi connectivity index (χ0v) is 13.3. The summed E-state index contributed by atoms with van der Waals surface area (Å²) in [7, 11) is 0. The molecule has 1 amide bonds. The van der Waals surface area contributed by atoms with Crippen LogP contribution in [0.25, 0.3) is 0 Å². The Morgan fingerprint density at radius 3 is 2.81 bits per heavy atom. The van der Waals surface area contributed by atoms with E-state index in [9.17, 15) is 4.79 Å². The second-order valence-corrected chi connectivity index (χ2v) is 6.71. The molecule has 2 rings (SSSR count). The summed E-state index contributed by atoms with van der Waals surface area (Å²) in [4.78, 5) is 18.0. The minimum Gasteiger partial charge on any atom is -0.444 e. The number of likely N-dealkylation sites (tertiary alicyclic amines) is 1. The zero-order valence-electron chi connectivity index (χ0n) is 13.3. The standard InChI is InChI=1S/C16H24N2O3/c1-15(2,3)21-14(19)18-10-8-16(4,12-18)20-11-13-7-5-6-9-17-13/h5-7,9H,8,10-12H2,1-4H3. The van der Waals surface area contributed by atoms with Crippen LogP contribution >= 0.6 is 0 Å². The second kappa shape index (κ2) is 6.02. The number of aromatic nitrogens is 1. The Morgan fingerprint density at radius 2 is 2.19 bits per heavy atom. The molecule has 1 aromatic heterocycles. The second-order valence-electron chi connectivity index (χ2n) is 6.71. The van der Waals surface area contributed by atoms with Crippen LogP contribution in [-0.4, -0.2) is 40.3 Å². The highest BCUT2D eigenvalue weighted by molar-refractivity contribution is 5.68. The molecule has 0 aromatic carbocycles. The van der Waals surface area contributed by atoms with Gasteiger partial charge in [0.05, 0.1) is 24.4 Å². The van der Waals surface area contributed by atoms with E-state index < -0.39 is 5.60 Å². The molecule has 5 heteroatoms. The molecule has 5 nitrogen and oxygen atoms in total. The molecular weight excluding hydrogens is 268 g/mol. The first-order chi connectivity index (χ1) is 9.77. The van der Waals surface area contributed by atoms with Crippen molar-refractivity contribution in [1.29, 1.82) is 0 Å². The van der Waals surface area contributed by atoms with Crippen molar-refractivity contribution in [3.63, 3.8) is 0 Å². The number of hydrogen-bond donors (Lipinski definition) is 0. The number of rotatable bonds is 3. The molecular formula is C16H24N2O3. The molecule has 0 saturated carbocycles. The van der Waals surface area contributed by atoms with Crippen molar-refractivity contribution >= 4 is 6.09 Å². The summed E-state index contributed by atoms with van der Waals surface area (Å²) in [5.41, 5.74) is 0.0914. The van der Waals surface area contributed by atoms with Crippen LogP contribution in [0.5, 0.6) is 0 Å². The minimum atomic E-state index is -0.467. The number of pyridine rings is 1. The van der Waals surface area contributed by atoms with Gasteiger partial charge in [-0.25, -0.2) is 4.79 Å². The predicted molar refractivity (Wildman–Crippen MR) is 79.9 cm³/mol. The van der Waals surface area contributed by atoms with Crippen LogP contribution in [0.4, 0.5) is 4.79 Å². The number of carbonyl (C=O) groups excluding carboxylic acids is 1. The summed E-state index contributed by atoms with van der Waals surface area (Å²) >= 11 is 0. The van der Waals surface area contributed by atoms with Crippen LogP contribution in [0.3, 0.4) is 0 Å². The number of amides is 1. The summed E-state index contributed by atoms with van der Waals surface area (Å²) in [5, 5.41) is 0. The van der Waals surface area contributed by atoms with Crippen molar-refractivity contribution in [2.45, 2.75) is 51.9 Å². The monoisotopic (exact) mass is 292 g/mol. The quantitative estimate of drug-likeness (QED) is 0.859. The number of hydrogen-bond acceptors (Lipinski definition) is 4. The molecule has 1 aromatic rings. The highest BCUT2D eigenvalue weighted by atomic mass is 16.6. The fourth-order valence-electron chi connectivity index (χ4n) is 2.27. The van der Waals surface area contributed by atoms with Gasteiger partial charge in [0, 0.05) is 12.7 Å². The first-order valence-electron chi connectivity index (χ1n) is 7.29. The smallest absolute Gasteiger partial charge is 0.410 e. The van der Waals surface area contributed by atoms with Crippen molar-refractivity contribution < 1.29 is 14.3 Å². The van der Waals surface area contributed by atoms with E-state index in [1.807, 2.05) is 45.9 Å². The topological polar surface area (TPSA) is 51.7 Å². The lowest BCUT2D eigenvalue weighted by Crippen LogP contribution is -2.39. The van der Waals surface area contributed by atoms with E-state index in [1.165, 1.54) is 0 Å². The average Bonchev–Trinajstić information content (AvgIpc) is 2.79. The van der Waals surface area contributed by atoms with E-state index in [2.05, 4.69) is 4.98 Å². The maximum absolute atomic E-state index is 12.1. The van der Waals surface area contributed by atoms with E-state index in [0.717, 1.165) is 12.1 Å². The lowest BCUT2D eigenvalue weighted by Gasteiger charge is -2.27. The molecule has 1 aliphatic rings. The van der Waals surface area contributed by atoms with Gasteiger partial charge in [0.1, 0.15) is 5.60 Å². The normalized spacial score (nSPS) is 22.4. The van der Waals surface area contributed by atoms with Crippen molar-refractivity contribution in [1.82, 2.24) is 9.88 Å². The van der Waals surface area contributed by atoms with Gasteiger partial charge in [-0.2, -0.15) is 0 Å². The first-order valence-corrected chi connectivity index (χ1v) is 7.29. The van der Waals surface area contributed by atoms with Crippen molar-refractivity contribution in [2.24, 2.45) is 0 Å². The van der Waals surface area contributed by atoms with E-state index in [0.29, 0.717) is 19.7 Å². The molecule has 0 spiro atoms. The third-order valence-electron chi connectivity index (χ3n) is 3.38. The van der Waals surface area contributed by atoms with Gasteiger partial charge in [0.15, 0.2) is 0 Å². The van der Waals surface area contributed by atoms with Crippen LogP contribution in [0.1, 0.15) is 39.8 Å². The molecule has 0 aliphatic carbocycles. The lowest BCUT2D eigenvalue weighted by molar-refractivity contribution is -0.0386. The predicted octanol–water partition coefficient (Wildman–Crippen LogP) is 3.00. The zero-order chi connectivity index (χ0) is 15.5. The van der Waals surface area contributed by atoms with E-state index in [-0.39, 0.29) is 11.7 Å². The van der Waals surface area contributed by atoms with Crippen molar-refractivity contribution in [3.05, 3.63) is 30.1 Å². The third kappa shape index (κ3) is 4.70. The SMILES string of the molecule is CC(C)(C)OC(=O)N1CCC(C)(OCc2ccccn2)C1. The highest BCUT2D eigenvalue weighted by Crippen LogP contribution is 2.27. The van der Waals surface area contributed by atoms with Crippen molar-refractivity contribution in [3.8, 4) is 0 Å². The van der Waals surface area contributed by atoms with Gasteiger partial charge in [-0.05, 0) is 46.2 Å².